The third-order valence-electron chi connectivity index (χ3n) is 7.56. The smallest absolute Gasteiger partial charge is 0.143 e. The normalized spacial score (nSPS) is 17.6. The van der Waals surface area contributed by atoms with E-state index in [4.69, 9.17) is 23.6 Å². The number of fused-ring (bicyclic) bond motifs is 7. The van der Waals surface area contributed by atoms with E-state index < -0.39 is 114 Å². The Hall–Kier alpha value is -5.66. The van der Waals surface area contributed by atoms with Gasteiger partial charge in [0.15, 0.2) is 0 Å². The van der Waals surface area contributed by atoms with Crippen molar-refractivity contribution in [1.29, 1.82) is 0 Å². The van der Waals surface area contributed by atoms with Gasteiger partial charge in [0.25, 0.3) is 0 Å². The maximum Gasteiger partial charge on any atom is 0.143 e. The molecule has 0 radical (unpaired) electrons. The minimum absolute atomic E-state index is 0.111. The lowest BCUT2D eigenvalue weighted by molar-refractivity contribution is 0.673. The van der Waals surface area contributed by atoms with E-state index in [1.54, 1.807) is 48.5 Å². The second kappa shape index (κ2) is 9.44. The van der Waals surface area contributed by atoms with Crippen LogP contribution in [0.3, 0.4) is 0 Å². The maximum absolute atomic E-state index is 9.64. The van der Waals surface area contributed by atoms with Crippen molar-refractivity contribution in [3.05, 3.63) is 157 Å². The third-order valence-corrected chi connectivity index (χ3v) is 7.56. The Morgan fingerprint density at radius 2 is 1.02 bits per heavy atom. The molecule has 0 bridgehead atoms. The molecule has 9 rings (SSSR count). The fourth-order valence-electron chi connectivity index (χ4n) is 5.76. The molecule has 1 aromatic heterocycles. The largest absolute Gasteiger partial charge is 0.455 e. The molecule has 0 aliphatic rings. The van der Waals surface area contributed by atoms with Crippen molar-refractivity contribution in [3.8, 4) is 33.4 Å². The zero-order valence-electron chi connectivity index (χ0n) is 40.0. The molecule has 9 aromatic rings. The molecular weight excluding hydrogens is 520 g/mol. The zero-order chi connectivity index (χ0) is 44.0. The SMILES string of the molecule is [2H]c1c([2H])c([2H])c(-c2c([2H])c([2H])c([2H])c([2H])c2-c2c3ccccc3c(-c3c([2H])c([2H])c4c(oc5c6c([2H])c([2H])c([2H])c([2H])c6c([2H])c([2H])c54)c3[2H])c3ccccc23)c([2H])c1[2H]. The molecule has 0 aliphatic carbocycles. The molecule has 1 heteroatoms. The Labute approximate surface area is 274 Å². The van der Waals surface area contributed by atoms with Crippen molar-refractivity contribution in [2.75, 3.05) is 0 Å². The molecule has 8 aromatic carbocycles. The van der Waals surface area contributed by atoms with E-state index in [0.717, 1.165) is 0 Å². The van der Waals surface area contributed by atoms with Crippen molar-refractivity contribution in [3.63, 3.8) is 0 Å². The first kappa shape index (κ1) is 12.3. The molecule has 1 heterocycles. The average molecular weight is 565 g/mol. The van der Waals surface area contributed by atoms with E-state index in [9.17, 15) is 5.48 Å². The summed E-state index contributed by atoms with van der Waals surface area (Å²) in [5.74, 6) is 0. The number of furan rings is 1. The van der Waals surface area contributed by atoms with Crippen LogP contribution < -0.4 is 0 Å². The second-order valence-electron chi connectivity index (χ2n) is 9.85. The Morgan fingerprint density at radius 1 is 0.419 bits per heavy atom. The van der Waals surface area contributed by atoms with Gasteiger partial charge in [0.2, 0.25) is 0 Å². The minimum Gasteiger partial charge on any atom is -0.455 e. The lowest BCUT2D eigenvalue weighted by Crippen LogP contribution is -1.92. The summed E-state index contributed by atoms with van der Waals surface area (Å²) in [4.78, 5) is 0. The van der Waals surface area contributed by atoms with Gasteiger partial charge in [-0.1, -0.05) is 139 Å². The number of hydrogen-bond donors (Lipinski definition) is 0. The van der Waals surface area contributed by atoms with Crippen molar-refractivity contribution < 1.29 is 29.1 Å². The van der Waals surface area contributed by atoms with Gasteiger partial charge in [-0.3, -0.25) is 0 Å². The fraction of sp³-hybridized carbons (Fsp3) is 0. The van der Waals surface area contributed by atoms with E-state index in [2.05, 4.69) is 0 Å². The molecule has 0 N–H and O–H groups in total. The Kier molecular flexibility index (Phi) is 2.70. The minimum atomic E-state index is -0.706. The van der Waals surface area contributed by atoms with E-state index >= 15 is 0 Å². The first-order valence-corrected chi connectivity index (χ1v) is 13.3. The molecule has 0 amide bonds. The van der Waals surface area contributed by atoms with Gasteiger partial charge >= 0.3 is 0 Å². The van der Waals surface area contributed by atoms with Crippen LogP contribution in [-0.2, 0) is 0 Å². The van der Waals surface area contributed by atoms with E-state index in [0.29, 0.717) is 21.5 Å². The number of hydrogen-bond acceptors (Lipinski definition) is 1. The van der Waals surface area contributed by atoms with Crippen LogP contribution in [0.15, 0.2) is 162 Å². The molecule has 0 aliphatic heterocycles. The summed E-state index contributed by atoms with van der Waals surface area (Å²) >= 11 is 0. The third kappa shape index (κ3) is 3.65. The summed E-state index contributed by atoms with van der Waals surface area (Å²) in [6, 6.07) is 2.40. The molecule has 0 saturated heterocycles. The van der Waals surface area contributed by atoms with Crippen LogP contribution in [0.2, 0.25) is 0 Å². The van der Waals surface area contributed by atoms with Gasteiger partial charge in [0.05, 0.1) is 24.7 Å². The first-order chi connectivity index (χ1) is 28.8. The Balaban J connectivity index is 1.47. The van der Waals surface area contributed by atoms with E-state index in [1.807, 2.05) is 0 Å². The summed E-state index contributed by atoms with van der Waals surface area (Å²) in [7, 11) is 0. The van der Waals surface area contributed by atoms with Crippen LogP contribution >= 0.6 is 0 Å². The van der Waals surface area contributed by atoms with E-state index in [1.165, 1.54) is 0 Å². The van der Waals surface area contributed by atoms with Gasteiger partial charge in [0.1, 0.15) is 11.2 Å². The van der Waals surface area contributed by atoms with Crippen molar-refractivity contribution >= 4 is 54.3 Å². The molecule has 0 fully saturated rings. The predicted octanol–water partition coefficient (Wildman–Crippen LogP) is 12.0. The van der Waals surface area contributed by atoms with Crippen molar-refractivity contribution in [2.24, 2.45) is 0 Å². The lowest BCUT2D eigenvalue weighted by atomic mass is 9.84. The van der Waals surface area contributed by atoms with Crippen LogP contribution in [0, 0.1) is 0 Å². The molecule has 0 saturated carbocycles. The summed E-state index contributed by atoms with van der Waals surface area (Å²) in [5.41, 5.74) is -1.15. The van der Waals surface area contributed by atoms with E-state index in [-0.39, 0.29) is 60.5 Å². The summed E-state index contributed by atoms with van der Waals surface area (Å²) in [6.45, 7) is 0. The van der Waals surface area contributed by atoms with Crippen LogP contribution in [0.5, 0.6) is 0 Å². The van der Waals surface area contributed by atoms with Gasteiger partial charge in [0, 0.05) is 16.2 Å². The fourth-order valence-corrected chi connectivity index (χ4v) is 5.76. The van der Waals surface area contributed by atoms with Gasteiger partial charge in [-0.05, 0) is 78.4 Å². The topological polar surface area (TPSA) is 13.1 Å². The Bertz CT molecular complexity index is 3430. The highest BCUT2D eigenvalue weighted by molar-refractivity contribution is 6.23. The maximum atomic E-state index is 9.64. The van der Waals surface area contributed by atoms with Crippen molar-refractivity contribution in [1.82, 2.24) is 0 Å². The van der Waals surface area contributed by atoms with Gasteiger partial charge in [-0.2, -0.15) is 0 Å². The van der Waals surface area contributed by atoms with Gasteiger partial charge in [-0.25, -0.2) is 0 Å². The molecule has 1 nitrogen and oxygen atoms in total. The monoisotopic (exact) mass is 564 g/mol. The highest BCUT2D eigenvalue weighted by atomic mass is 16.3. The molecule has 43 heavy (non-hydrogen) atoms. The highest BCUT2D eigenvalue weighted by Crippen LogP contribution is 2.46. The molecule has 200 valence electrons. The summed E-state index contributed by atoms with van der Waals surface area (Å²) in [6.07, 6.45) is 0. The second-order valence-corrected chi connectivity index (χ2v) is 9.85. The van der Waals surface area contributed by atoms with Crippen LogP contribution in [-0.4, -0.2) is 0 Å². The van der Waals surface area contributed by atoms with Crippen LogP contribution in [0.4, 0.5) is 0 Å². The molecule has 0 spiro atoms. The molecule has 0 unspecified atom stereocenters. The predicted molar refractivity (Wildman–Crippen MR) is 183 cm³/mol. The highest BCUT2D eigenvalue weighted by Gasteiger charge is 2.19. The van der Waals surface area contributed by atoms with Gasteiger partial charge < -0.3 is 4.42 Å². The number of rotatable bonds is 3. The quantitative estimate of drug-likeness (QED) is 0.195. The Morgan fingerprint density at radius 3 is 1.77 bits per heavy atom. The molecular formula is C42H26O. The zero-order valence-corrected chi connectivity index (χ0v) is 22.0. The van der Waals surface area contributed by atoms with Crippen LogP contribution in [0.1, 0.15) is 24.7 Å². The average Bonchev–Trinajstić information content (AvgIpc) is 3.66. The standard InChI is InChI=1S/C42H26O/c1-2-12-27(13-3-1)30-15-6-7-17-33(30)41-36-20-10-8-18-34(36)40(35-19-9-11-21-37(35)41)29-23-24-32-38-25-22-28-14-4-5-16-31(28)42(38)43-39(32)26-29/h1-26H/i1D,2D,3D,4D,5D,6D,7D,12D,13D,14D,15D,16D,17D,22D,23D,24D,25D,26D. The summed E-state index contributed by atoms with van der Waals surface area (Å²) in [5, 5.41) is 0.477. The van der Waals surface area contributed by atoms with Gasteiger partial charge in [-0.15, -0.1) is 0 Å². The number of benzene rings is 8. The molecule has 0 atom stereocenters. The first-order valence-electron chi connectivity index (χ1n) is 22.3. The lowest BCUT2D eigenvalue weighted by Gasteiger charge is -2.19. The van der Waals surface area contributed by atoms with Crippen LogP contribution in [0.25, 0.3) is 87.6 Å². The summed E-state index contributed by atoms with van der Waals surface area (Å²) < 4.78 is 164. The van der Waals surface area contributed by atoms with Crippen molar-refractivity contribution in [2.45, 2.75) is 0 Å².